The molecule has 8 nitrogen and oxygen atoms in total. The van der Waals surface area contributed by atoms with Crippen molar-refractivity contribution in [1.29, 1.82) is 0 Å². The van der Waals surface area contributed by atoms with Crippen LogP contribution in [-0.2, 0) is 24.3 Å². The summed E-state index contributed by atoms with van der Waals surface area (Å²) in [5.74, 6) is -2.14. The fraction of sp³-hybridized carbons (Fsp3) is 0.167. The van der Waals surface area contributed by atoms with E-state index in [4.69, 9.17) is 4.74 Å². The van der Waals surface area contributed by atoms with Crippen molar-refractivity contribution in [3.8, 4) is 0 Å². The van der Waals surface area contributed by atoms with Gasteiger partial charge < -0.3 is 10.1 Å². The first-order valence-corrected chi connectivity index (χ1v) is 9.68. The van der Waals surface area contributed by atoms with Gasteiger partial charge in [0.05, 0.1) is 10.6 Å². The first kappa shape index (κ1) is 19.5. The van der Waals surface area contributed by atoms with Crippen molar-refractivity contribution in [2.75, 3.05) is 11.9 Å². The Kier molecular flexibility index (Phi) is 5.41. The molecule has 3 rings (SSSR count). The molecule has 2 aromatic rings. The molecule has 0 unspecified atom stereocenters. The van der Waals surface area contributed by atoms with Gasteiger partial charge in [-0.3, -0.25) is 19.3 Å². The number of benzene rings is 2. The highest BCUT2D eigenvalue weighted by Crippen LogP contribution is 2.22. The van der Waals surface area contributed by atoms with Crippen molar-refractivity contribution in [2.24, 2.45) is 4.99 Å². The summed E-state index contributed by atoms with van der Waals surface area (Å²) in [5.41, 5.74) is 0.313. The Labute approximate surface area is 160 Å². The molecule has 2 N–H and O–H groups in total. The minimum absolute atomic E-state index is 0.0241. The maximum Gasteiger partial charge on any atom is 0.328 e. The van der Waals surface area contributed by atoms with Gasteiger partial charge in [0, 0.05) is 5.56 Å². The molecular weight excluding hydrogens is 389 g/mol. The summed E-state index contributed by atoms with van der Waals surface area (Å²) in [6, 6.07) is 11.8. The van der Waals surface area contributed by atoms with Gasteiger partial charge in [0.25, 0.3) is 15.9 Å². The number of rotatable bonds is 5. The molecule has 0 saturated heterocycles. The number of amides is 1. The summed E-state index contributed by atoms with van der Waals surface area (Å²) in [7, 11) is -3.71. The number of carbonyl (C=O) groups excluding carboxylic acids is 2. The molecule has 28 heavy (non-hydrogen) atoms. The minimum atomic E-state index is -3.71. The van der Waals surface area contributed by atoms with E-state index >= 15 is 0 Å². The van der Waals surface area contributed by atoms with Gasteiger partial charge in [-0.15, -0.1) is 0 Å². The van der Waals surface area contributed by atoms with Gasteiger partial charge >= 0.3 is 5.97 Å². The van der Waals surface area contributed by atoms with Crippen LogP contribution < -0.4 is 10.0 Å². The van der Waals surface area contributed by atoms with Crippen molar-refractivity contribution in [1.82, 2.24) is 4.72 Å². The Morgan fingerprint density at radius 2 is 1.86 bits per heavy atom. The van der Waals surface area contributed by atoms with Gasteiger partial charge in [0.15, 0.2) is 6.10 Å². The molecule has 10 heteroatoms. The summed E-state index contributed by atoms with van der Waals surface area (Å²) in [6.07, 6.45) is -1.19. The number of esters is 1. The molecule has 0 aromatic heterocycles. The number of para-hydroxylation sites is 1. The van der Waals surface area contributed by atoms with Crippen molar-refractivity contribution in [2.45, 2.75) is 17.9 Å². The second-order valence-corrected chi connectivity index (χ2v) is 7.52. The number of sulfonamides is 1. The van der Waals surface area contributed by atoms with Crippen LogP contribution in [0.2, 0.25) is 0 Å². The molecule has 0 bridgehead atoms. The summed E-state index contributed by atoms with van der Waals surface area (Å²) in [5, 5.41) is 2.32. The third-order valence-corrected chi connectivity index (χ3v) is 5.24. The third-order valence-electron chi connectivity index (χ3n) is 3.84. The minimum Gasteiger partial charge on any atom is -0.451 e. The van der Waals surface area contributed by atoms with E-state index in [1.165, 1.54) is 31.2 Å². The summed E-state index contributed by atoms with van der Waals surface area (Å²) < 4.78 is 44.8. The third kappa shape index (κ3) is 4.17. The zero-order valence-electron chi connectivity index (χ0n) is 14.7. The van der Waals surface area contributed by atoms with E-state index in [0.29, 0.717) is 5.56 Å². The SMILES string of the molecule is C[C@@H](OC(=O)CN=C1NS(=O)(=O)c2ccccc21)C(=O)Nc1ccccc1F. The molecule has 0 aliphatic carbocycles. The van der Waals surface area contributed by atoms with Gasteiger partial charge in [-0.05, 0) is 31.2 Å². The van der Waals surface area contributed by atoms with E-state index in [1.54, 1.807) is 24.3 Å². The zero-order chi connectivity index (χ0) is 20.3. The molecule has 1 aliphatic heterocycles. The average Bonchev–Trinajstić information content (AvgIpc) is 2.92. The molecule has 1 atom stereocenters. The highest BCUT2D eigenvalue weighted by molar-refractivity contribution is 7.90. The standard InChI is InChI=1S/C18H16FN3O5S/c1-11(18(24)21-14-8-4-3-7-13(14)19)27-16(23)10-20-17-12-6-2-5-9-15(12)28(25,26)22-17/h2-9,11H,10H2,1H3,(H,20,22)(H,21,24)/t11-/m1/s1. The van der Waals surface area contributed by atoms with Crippen LogP contribution in [0, 0.1) is 5.82 Å². The second kappa shape index (κ2) is 7.77. The monoisotopic (exact) mass is 405 g/mol. The average molecular weight is 405 g/mol. The molecule has 2 aromatic carbocycles. The fourth-order valence-electron chi connectivity index (χ4n) is 2.48. The van der Waals surface area contributed by atoms with E-state index < -0.39 is 40.4 Å². The van der Waals surface area contributed by atoms with E-state index in [-0.39, 0.29) is 16.4 Å². The molecule has 1 heterocycles. The molecule has 0 radical (unpaired) electrons. The number of anilines is 1. The summed E-state index contributed by atoms with van der Waals surface area (Å²) >= 11 is 0. The Morgan fingerprint density at radius 1 is 1.18 bits per heavy atom. The first-order valence-electron chi connectivity index (χ1n) is 8.19. The van der Waals surface area contributed by atoms with Crippen LogP contribution in [0.4, 0.5) is 10.1 Å². The molecule has 146 valence electrons. The zero-order valence-corrected chi connectivity index (χ0v) is 15.5. The number of nitrogens with zero attached hydrogens (tertiary/aromatic N) is 1. The number of amidine groups is 1. The van der Waals surface area contributed by atoms with Gasteiger partial charge in [0.2, 0.25) is 0 Å². The number of halogens is 1. The Morgan fingerprint density at radius 3 is 2.61 bits per heavy atom. The molecular formula is C18H16FN3O5S. The van der Waals surface area contributed by atoms with Gasteiger partial charge in [-0.1, -0.05) is 24.3 Å². The highest BCUT2D eigenvalue weighted by atomic mass is 32.2. The number of ether oxygens (including phenoxy) is 1. The van der Waals surface area contributed by atoms with Crippen molar-refractivity contribution in [3.63, 3.8) is 0 Å². The maximum absolute atomic E-state index is 13.6. The molecule has 0 saturated carbocycles. The predicted octanol–water partition coefficient (Wildman–Crippen LogP) is 1.43. The van der Waals surface area contributed by atoms with Crippen LogP contribution in [0.15, 0.2) is 58.4 Å². The first-order chi connectivity index (χ1) is 13.3. The topological polar surface area (TPSA) is 114 Å². The lowest BCUT2D eigenvalue weighted by molar-refractivity contribution is -0.151. The van der Waals surface area contributed by atoms with Crippen molar-refractivity contribution in [3.05, 3.63) is 59.9 Å². The highest BCUT2D eigenvalue weighted by Gasteiger charge is 2.30. The van der Waals surface area contributed by atoms with Crippen LogP contribution in [0.5, 0.6) is 0 Å². The second-order valence-electron chi connectivity index (χ2n) is 5.87. The van der Waals surface area contributed by atoms with Crippen LogP contribution in [0.1, 0.15) is 12.5 Å². The van der Waals surface area contributed by atoms with Crippen LogP contribution in [0.25, 0.3) is 0 Å². The van der Waals surface area contributed by atoms with Crippen molar-refractivity contribution >= 4 is 33.4 Å². The number of nitrogens with one attached hydrogen (secondary N) is 2. The number of hydrogen-bond donors (Lipinski definition) is 2. The summed E-state index contributed by atoms with van der Waals surface area (Å²) in [4.78, 5) is 28.0. The van der Waals surface area contributed by atoms with Gasteiger partial charge in [-0.2, -0.15) is 0 Å². The predicted molar refractivity (Wildman–Crippen MR) is 98.8 cm³/mol. The lowest BCUT2D eigenvalue weighted by Crippen LogP contribution is -2.31. The number of fused-ring (bicyclic) bond motifs is 1. The van der Waals surface area contributed by atoms with E-state index in [1.807, 2.05) is 0 Å². The van der Waals surface area contributed by atoms with E-state index in [2.05, 4.69) is 15.0 Å². The Balaban J connectivity index is 1.61. The largest absolute Gasteiger partial charge is 0.451 e. The van der Waals surface area contributed by atoms with Crippen molar-refractivity contribution < 1.29 is 27.1 Å². The van der Waals surface area contributed by atoms with Gasteiger partial charge in [0.1, 0.15) is 18.2 Å². The lowest BCUT2D eigenvalue weighted by Gasteiger charge is -2.13. The van der Waals surface area contributed by atoms with Crippen LogP contribution in [-0.4, -0.2) is 38.8 Å². The number of aliphatic imine (C=N–C) groups is 1. The number of hydrogen-bond acceptors (Lipinski definition) is 6. The lowest BCUT2D eigenvalue weighted by atomic mass is 10.2. The van der Waals surface area contributed by atoms with E-state index in [9.17, 15) is 22.4 Å². The number of carbonyl (C=O) groups is 2. The fourth-order valence-corrected chi connectivity index (χ4v) is 3.73. The maximum atomic E-state index is 13.6. The Hall–Kier alpha value is -3.27. The van der Waals surface area contributed by atoms with Gasteiger partial charge in [-0.25, -0.2) is 12.8 Å². The molecule has 0 spiro atoms. The molecule has 1 amide bonds. The normalized spacial score (nSPS) is 16.7. The smallest absolute Gasteiger partial charge is 0.328 e. The summed E-state index contributed by atoms with van der Waals surface area (Å²) in [6.45, 7) is 0.832. The molecule has 1 aliphatic rings. The Bertz CT molecular complexity index is 1070. The van der Waals surface area contributed by atoms with E-state index in [0.717, 1.165) is 0 Å². The quantitative estimate of drug-likeness (QED) is 0.731. The van der Waals surface area contributed by atoms with Crippen LogP contribution >= 0.6 is 0 Å². The molecule has 0 fully saturated rings. The van der Waals surface area contributed by atoms with Crippen LogP contribution in [0.3, 0.4) is 0 Å².